The van der Waals surface area contributed by atoms with Gasteiger partial charge < -0.3 is 5.32 Å². The number of hydrogen-bond donors (Lipinski definition) is 1. The average molecular weight is 209 g/mol. The summed E-state index contributed by atoms with van der Waals surface area (Å²) in [5.41, 5.74) is 0.253. The van der Waals surface area contributed by atoms with Crippen molar-refractivity contribution < 1.29 is 4.79 Å². The number of hydrogen-bond acceptors (Lipinski definition) is 1. The fourth-order valence-corrected chi connectivity index (χ4v) is 3.44. The number of amides is 1. The molecule has 0 bridgehead atoms. The highest BCUT2D eigenvalue weighted by Crippen LogP contribution is 2.50. The van der Waals surface area contributed by atoms with Gasteiger partial charge in [0.2, 0.25) is 5.91 Å². The topological polar surface area (TPSA) is 29.1 Å². The zero-order chi connectivity index (χ0) is 11.1. The maximum absolute atomic E-state index is 11.6. The summed E-state index contributed by atoms with van der Waals surface area (Å²) in [7, 11) is 0. The third-order valence-corrected chi connectivity index (χ3v) is 4.74. The number of carbonyl (C=O) groups excluding carboxylic acids is 1. The van der Waals surface area contributed by atoms with Crippen LogP contribution >= 0.6 is 0 Å². The van der Waals surface area contributed by atoms with Gasteiger partial charge >= 0.3 is 0 Å². The lowest BCUT2D eigenvalue weighted by Gasteiger charge is -2.40. The molecule has 1 amide bonds. The molecule has 1 heterocycles. The van der Waals surface area contributed by atoms with Crippen LogP contribution in [0, 0.1) is 11.3 Å². The van der Waals surface area contributed by atoms with E-state index in [9.17, 15) is 4.79 Å². The predicted octanol–water partition coefficient (Wildman–Crippen LogP) is 2.87. The fraction of sp³-hybridized carbons (Fsp3) is 0.923. The molecule has 1 spiro atoms. The lowest BCUT2D eigenvalue weighted by molar-refractivity contribution is -0.120. The van der Waals surface area contributed by atoms with Crippen molar-refractivity contribution >= 4 is 5.91 Å². The Bertz CT molecular complexity index is 272. The van der Waals surface area contributed by atoms with Crippen molar-refractivity contribution in [2.24, 2.45) is 11.3 Å². The first-order chi connectivity index (χ1) is 6.95. The highest BCUT2D eigenvalue weighted by atomic mass is 16.2. The molecule has 15 heavy (non-hydrogen) atoms. The van der Waals surface area contributed by atoms with E-state index in [2.05, 4.69) is 26.1 Å². The summed E-state index contributed by atoms with van der Waals surface area (Å²) in [4.78, 5) is 11.6. The second-order valence-electron chi connectivity index (χ2n) is 6.17. The molecular weight excluding hydrogens is 186 g/mol. The second-order valence-corrected chi connectivity index (χ2v) is 6.17. The van der Waals surface area contributed by atoms with E-state index >= 15 is 0 Å². The highest BCUT2D eigenvalue weighted by molar-refractivity contribution is 5.80. The first-order valence-electron chi connectivity index (χ1n) is 6.26. The maximum atomic E-state index is 11.6. The molecule has 86 valence electrons. The molecule has 1 aliphatic heterocycles. The normalized spacial score (nSPS) is 40.2. The van der Waals surface area contributed by atoms with Crippen molar-refractivity contribution in [2.45, 2.75) is 64.8 Å². The lowest BCUT2D eigenvalue weighted by Crippen LogP contribution is -2.46. The van der Waals surface area contributed by atoms with Gasteiger partial charge in [-0.1, -0.05) is 26.2 Å². The van der Waals surface area contributed by atoms with Gasteiger partial charge in [0, 0.05) is 17.4 Å². The summed E-state index contributed by atoms with van der Waals surface area (Å²) in [6.07, 6.45) is 7.12. The number of rotatable bonds is 0. The first kappa shape index (κ1) is 11.0. The van der Waals surface area contributed by atoms with E-state index in [0.717, 1.165) is 12.3 Å². The van der Waals surface area contributed by atoms with Crippen LogP contribution < -0.4 is 5.32 Å². The van der Waals surface area contributed by atoms with E-state index in [-0.39, 0.29) is 16.9 Å². The Labute approximate surface area is 92.8 Å². The number of nitrogens with one attached hydrogen (secondary N) is 1. The molecule has 0 aromatic rings. The van der Waals surface area contributed by atoms with Gasteiger partial charge in [0.25, 0.3) is 0 Å². The van der Waals surface area contributed by atoms with Crippen LogP contribution in [0.25, 0.3) is 0 Å². The molecule has 0 aromatic carbocycles. The second kappa shape index (κ2) is 3.50. The zero-order valence-corrected chi connectivity index (χ0v) is 10.2. The minimum Gasteiger partial charge on any atom is -0.351 e. The Kier molecular flexibility index (Phi) is 2.56. The summed E-state index contributed by atoms with van der Waals surface area (Å²) in [6, 6.07) is 0. The molecule has 0 radical (unpaired) electrons. The molecule has 2 aliphatic rings. The molecule has 2 atom stereocenters. The van der Waals surface area contributed by atoms with Gasteiger partial charge in [-0.3, -0.25) is 4.79 Å². The third kappa shape index (κ3) is 1.79. The van der Waals surface area contributed by atoms with E-state index in [1.54, 1.807) is 0 Å². The third-order valence-electron chi connectivity index (χ3n) is 4.74. The van der Waals surface area contributed by atoms with Crippen molar-refractivity contribution in [1.82, 2.24) is 5.32 Å². The Morgan fingerprint density at radius 2 is 2.00 bits per heavy atom. The van der Waals surface area contributed by atoms with Crippen molar-refractivity contribution in [3.63, 3.8) is 0 Å². The monoisotopic (exact) mass is 209 g/mol. The minimum absolute atomic E-state index is 0.00808. The molecule has 0 aromatic heterocycles. The van der Waals surface area contributed by atoms with Crippen LogP contribution in [0.3, 0.4) is 0 Å². The van der Waals surface area contributed by atoms with E-state index in [1.807, 2.05) is 0 Å². The average Bonchev–Trinajstić information content (AvgIpc) is 2.28. The van der Waals surface area contributed by atoms with Gasteiger partial charge in [-0.05, 0) is 32.6 Å². The maximum Gasteiger partial charge on any atom is 0.221 e. The summed E-state index contributed by atoms with van der Waals surface area (Å²) in [6.45, 7) is 6.75. The summed E-state index contributed by atoms with van der Waals surface area (Å²) < 4.78 is 0. The Balaban J connectivity index is 2.21. The van der Waals surface area contributed by atoms with Gasteiger partial charge in [-0.2, -0.15) is 0 Å². The van der Waals surface area contributed by atoms with Crippen LogP contribution in [0.2, 0.25) is 0 Å². The Morgan fingerprint density at radius 1 is 1.27 bits per heavy atom. The molecule has 2 heteroatoms. The molecule has 1 saturated carbocycles. The van der Waals surface area contributed by atoms with Gasteiger partial charge in [-0.15, -0.1) is 0 Å². The largest absolute Gasteiger partial charge is 0.351 e. The van der Waals surface area contributed by atoms with Gasteiger partial charge in [0.1, 0.15) is 0 Å². The molecular formula is C13H23NO. The molecule has 2 fully saturated rings. The van der Waals surface area contributed by atoms with Crippen LogP contribution in [-0.4, -0.2) is 11.4 Å². The van der Waals surface area contributed by atoms with Crippen LogP contribution in [0.15, 0.2) is 0 Å². The van der Waals surface area contributed by atoms with E-state index < -0.39 is 0 Å². The zero-order valence-electron chi connectivity index (χ0n) is 10.2. The smallest absolute Gasteiger partial charge is 0.221 e. The Morgan fingerprint density at radius 3 is 2.60 bits per heavy atom. The number of carbonyl (C=O) groups is 1. The molecule has 1 aliphatic carbocycles. The van der Waals surface area contributed by atoms with Gasteiger partial charge in [0.15, 0.2) is 0 Å². The SMILES string of the molecule is CC1CCCC2(CC1)CC(=O)NC2(C)C. The van der Waals surface area contributed by atoms with Crippen molar-refractivity contribution in [3.05, 3.63) is 0 Å². The summed E-state index contributed by atoms with van der Waals surface area (Å²) in [5, 5.41) is 3.16. The predicted molar refractivity (Wildman–Crippen MR) is 61.5 cm³/mol. The highest BCUT2D eigenvalue weighted by Gasteiger charge is 2.52. The summed E-state index contributed by atoms with van der Waals surface area (Å²) in [5.74, 6) is 1.10. The lowest BCUT2D eigenvalue weighted by atomic mass is 9.67. The molecule has 2 unspecified atom stereocenters. The van der Waals surface area contributed by atoms with Gasteiger partial charge in [0.05, 0.1) is 0 Å². The van der Waals surface area contributed by atoms with E-state index in [0.29, 0.717) is 0 Å². The van der Waals surface area contributed by atoms with Crippen molar-refractivity contribution in [3.8, 4) is 0 Å². The molecule has 2 rings (SSSR count). The standard InChI is InChI=1S/C13H23NO/c1-10-5-4-7-13(8-6-10)9-11(15)14-12(13,2)3/h10H,4-9H2,1-3H3,(H,14,15). The quantitative estimate of drug-likeness (QED) is 0.653. The van der Waals surface area contributed by atoms with Crippen LogP contribution in [-0.2, 0) is 4.79 Å². The minimum atomic E-state index is 0.00808. The molecule has 1 saturated heterocycles. The van der Waals surface area contributed by atoms with E-state index in [1.165, 1.54) is 32.1 Å². The first-order valence-corrected chi connectivity index (χ1v) is 6.26. The van der Waals surface area contributed by atoms with Crippen LogP contribution in [0.4, 0.5) is 0 Å². The van der Waals surface area contributed by atoms with Crippen molar-refractivity contribution in [2.75, 3.05) is 0 Å². The Hall–Kier alpha value is -0.530. The molecule has 1 N–H and O–H groups in total. The van der Waals surface area contributed by atoms with Gasteiger partial charge in [-0.25, -0.2) is 0 Å². The fourth-order valence-electron chi connectivity index (χ4n) is 3.44. The molecule has 2 nitrogen and oxygen atoms in total. The van der Waals surface area contributed by atoms with Crippen LogP contribution in [0.1, 0.15) is 59.3 Å². The summed E-state index contributed by atoms with van der Waals surface area (Å²) >= 11 is 0. The van der Waals surface area contributed by atoms with E-state index in [4.69, 9.17) is 0 Å². The van der Waals surface area contributed by atoms with Crippen LogP contribution in [0.5, 0.6) is 0 Å². The van der Waals surface area contributed by atoms with Crippen molar-refractivity contribution in [1.29, 1.82) is 0 Å².